The van der Waals surface area contributed by atoms with Crippen molar-refractivity contribution >= 4 is 10.9 Å². The van der Waals surface area contributed by atoms with Gasteiger partial charge in [-0.1, -0.05) is 19.8 Å². The van der Waals surface area contributed by atoms with Gasteiger partial charge in [0.25, 0.3) is 0 Å². The third-order valence-electron chi connectivity index (χ3n) is 2.19. The van der Waals surface area contributed by atoms with Gasteiger partial charge in [0.05, 0.1) is 12.6 Å². The molecule has 2 nitrogen and oxygen atoms in total. The average molecular weight is 227 g/mol. The van der Waals surface area contributed by atoms with Crippen LogP contribution in [0.25, 0.3) is 10.9 Å². The maximum absolute atomic E-state index is 5.27. The molecule has 0 aliphatic carbocycles. The van der Waals surface area contributed by atoms with Crippen LogP contribution in [0.15, 0.2) is 30.5 Å². The number of pyridine rings is 1. The zero-order valence-electron chi connectivity index (χ0n) is 10.7. The number of hydrogen-bond acceptors (Lipinski definition) is 2. The second kappa shape index (κ2) is 6.55. The van der Waals surface area contributed by atoms with Crippen LogP contribution in [0.2, 0.25) is 0 Å². The van der Waals surface area contributed by atoms with Gasteiger partial charge in [-0.2, -0.15) is 0 Å². The number of aromatic nitrogens is 1. The van der Waals surface area contributed by atoms with Crippen molar-refractivity contribution in [2.45, 2.75) is 20.8 Å². The van der Waals surface area contributed by atoms with Gasteiger partial charge < -0.3 is 4.74 Å². The van der Waals surface area contributed by atoms with Crippen LogP contribution in [0.4, 0.5) is 0 Å². The minimum atomic E-state index is 0.833. The number of nitrogens with zero attached hydrogens (tertiary/aromatic N) is 1. The zero-order chi connectivity index (χ0) is 12.7. The Morgan fingerprint density at radius 1 is 1.18 bits per heavy atom. The van der Waals surface area contributed by atoms with E-state index in [1.165, 1.54) is 0 Å². The molecule has 2 aromatic rings. The molecule has 0 amide bonds. The summed E-state index contributed by atoms with van der Waals surface area (Å²) in [6, 6.07) is 7.77. The highest BCUT2D eigenvalue weighted by molar-refractivity contribution is 5.86. The Morgan fingerprint density at radius 3 is 2.59 bits per heavy atom. The van der Waals surface area contributed by atoms with E-state index in [-0.39, 0.29) is 0 Å². The van der Waals surface area contributed by atoms with Crippen molar-refractivity contribution in [1.82, 2.24) is 4.98 Å². The predicted molar refractivity (Wildman–Crippen MR) is 72.2 cm³/mol. The van der Waals surface area contributed by atoms with Gasteiger partial charge in [0.15, 0.2) is 0 Å². The highest BCUT2D eigenvalue weighted by Gasteiger charge is 2.01. The topological polar surface area (TPSA) is 22.1 Å². The van der Waals surface area contributed by atoms with E-state index in [4.69, 9.17) is 4.74 Å². The summed E-state index contributed by atoms with van der Waals surface area (Å²) in [4.78, 5) is 4.26. The summed E-state index contributed by atoms with van der Waals surface area (Å²) in [6.45, 7) is 5.82. The van der Waals surface area contributed by atoms with Crippen molar-refractivity contribution in [2.24, 2.45) is 0 Å². The molecule has 88 valence electrons. The monoisotopic (exact) mass is 227 g/mol. The Morgan fingerprint density at radius 2 is 1.94 bits per heavy atom. The average Bonchev–Trinajstić information content (AvgIpc) is 2.40. The molecule has 0 unspecified atom stereocenters. The first-order valence-electron chi connectivity index (χ1n) is 5.70. The molecule has 17 heavy (non-hydrogen) atoms. The first kappa shape index (κ1) is 13.1. The second-order valence-electron chi connectivity index (χ2n) is 3.12. The Balaban J connectivity index is 0.000000686. The summed E-state index contributed by atoms with van der Waals surface area (Å²) in [5.74, 6) is 6.73. The van der Waals surface area contributed by atoms with Crippen LogP contribution >= 0.6 is 0 Å². The van der Waals surface area contributed by atoms with E-state index in [0.717, 1.165) is 22.2 Å². The lowest BCUT2D eigenvalue weighted by Crippen LogP contribution is -1.87. The van der Waals surface area contributed by atoms with Crippen molar-refractivity contribution in [3.8, 4) is 17.6 Å². The van der Waals surface area contributed by atoms with E-state index in [1.807, 2.05) is 45.0 Å². The lowest BCUT2D eigenvalue weighted by molar-refractivity contribution is 0.419. The molecule has 1 aromatic heterocycles. The molecule has 0 N–H and O–H groups in total. The molecule has 1 heterocycles. The quantitative estimate of drug-likeness (QED) is 0.694. The summed E-state index contributed by atoms with van der Waals surface area (Å²) in [7, 11) is 1.66. The smallest absolute Gasteiger partial charge is 0.129 e. The largest absolute Gasteiger partial charge is 0.496 e. The number of ether oxygens (including phenoxy) is 1. The number of methoxy groups -OCH3 is 1. The lowest BCUT2D eigenvalue weighted by Gasteiger charge is -2.04. The number of benzene rings is 1. The third-order valence-corrected chi connectivity index (χ3v) is 2.19. The highest BCUT2D eigenvalue weighted by atomic mass is 16.5. The van der Waals surface area contributed by atoms with Gasteiger partial charge in [0.1, 0.15) is 5.75 Å². The maximum atomic E-state index is 5.27. The second-order valence-corrected chi connectivity index (χ2v) is 3.12. The molecule has 0 aliphatic heterocycles. The molecule has 0 spiro atoms. The van der Waals surface area contributed by atoms with Crippen molar-refractivity contribution in [3.05, 3.63) is 36.0 Å². The summed E-state index contributed by atoms with van der Waals surface area (Å²) in [5.41, 5.74) is 1.91. The van der Waals surface area contributed by atoms with E-state index in [0.29, 0.717) is 0 Å². The fraction of sp³-hybridized carbons (Fsp3) is 0.267. The van der Waals surface area contributed by atoms with Crippen molar-refractivity contribution in [3.63, 3.8) is 0 Å². The van der Waals surface area contributed by atoms with E-state index in [1.54, 1.807) is 13.3 Å². The molecule has 0 atom stereocenters. The number of hydrogen-bond donors (Lipinski definition) is 0. The predicted octanol–water partition coefficient (Wildman–Crippen LogP) is 3.64. The highest BCUT2D eigenvalue weighted by Crippen LogP contribution is 2.24. The van der Waals surface area contributed by atoms with Gasteiger partial charge in [0.2, 0.25) is 0 Å². The molecule has 2 rings (SSSR count). The number of rotatable bonds is 1. The van der Waals surface area contributed by atoms with Gasteiger partial charge in [-0.15, -0.1) is 5.92 Å². The van der Waals surface area contributed by atoms with Crippen LogP contribution in [-0.4, -0.2) is 12.1 Å². The molecular weight excluding hydrogens is 210 g/mol. The summed E-state index contributed by atoms with van der Waals surface area (Å²) < 4.78 is 5.27. The van der Waals surface area contributed by atoms with Gasteiger partial charge in [-0.25, -0.2) is 0 Å². The van der Waals surface area contributed by atoms with Gasteiger partial charge in [-0.05, 0) is 31.2 Å². The van der Waals surface area contributed by atoms with Crippen LogP contribution in [0.5, 0.6) is 5.75 Å². The van der Waals surface area contributed by atoms with Crippen molar-refractivity contribution in [1.29, 1.82) is 0 Å². The first-order chi connectivity index (χ1) is 8.35. The Labute approximate surface area is 103 Å². The van der Waals surface area contributed by atoms with Gasteiger partial charge >= 0.3 is 0 Å². The fourth-order valence-electron chi connectivity index (χ4n) is 1.52. The molecule has 1 aromatic carbocycles. The molecule has 0 saturated carbocycles. The molecule has 2 heteroatoms. The normalized spacial score (nSPS) is 8.71. The van der Waals surface area contributed by atoms with Gasteiger partial charge in [0, 0.05) is 17.1 Å². The van der Waals surface area contributed by atoms with Crippen molar-refractivity contribution in [2.75, 3.05) is 7.11 Å². The molecular formula is C15H17NO. The third kappa shape index (κ3) is 2.98. The minimum Gasteiger partial charge on any atom is -0.496 e. The fourth-order valence-corrected chi connectivity index (χ4v) is 1.52. The summed E-state index contributed by atoms with van der Waals surface area (Å²) in [6.07, 6.45) is 1.74. The molecule has 0 fully saturated rings. The van der Waals surface area contributed by atoms with E-state index >= 15 is 0 Å². The summed E-state index contributed by atoms with van der Waals surface area (Å²) in [5, 5.41) is 1.00. The van der Waals surface area contributed by atoms with Crippen LogP contribution in [0, 0.1) is 11.8 Å². The van der Waals surface area contributed by atoms with Gasteiger partial charge in [-0.3, -0.25) is 4.98 Å². The minimum absolute atomic E-state index is 0.833. The van der Waals surface area contributed by atoms with E-state index in [9.17, 15) is 0 Å². The van der Waals surface area contributed by atoms with Crippen LogP contribution in [0.3, 0.4) is 0 Å². The van der Waals surface area contributed by atoms with Crippen LogP contribution in [-0.2, 0) is 0 Å². The summed E-state index contributed by atoms with van der Waals surface area (Å²) >= 11 is 0. The molecule has 0 radical (unpaired) electrons. The van der Waals surface area contributed by atoms with E-state index in [2.05, 4.69) is 16.8 Å². The lowest BCUT2D eigenvalue weighted by atomic mass is 10.1. The van der Waals surface area contributed by atoms with Crippen LogP contribution in [0.1, 0.15) is 26.3 Å². The standard InChI is InChI=1S/C13H11NO.C2H6/c1-3-4-10-5-6-12-11(9-10)13(15-2)7-8-14-12;1-2/h5-9H,1-2H3;1-2H3. The first-order valence-corrected chi connectivity index (χ1v) is 5.70. The Hall–Kier alpha value is -2.01. The maximum Gasteiger partial charge on any atom is 0.129 e. The SMILES string of the molecule is CC.CC#Cc1ccc2nccc(OC)c2c1. The zero-order valence-corrected chi connectivity index (χ0v) is 10.7. The Kier molecular flexibility index (Phi) is 5.03. The van der Waals surface area contributed by atoms with Crippen LogP contribution < -0.4 is 4.74 Å². The van der Waals surface area contributed by atoms with Crippen molar-refractivity contribution < 1.29 is 4.74 Å². The van der Waals surface area contributed by atoms with E-state index < -0.39 is 0 Å². The Bertz CT molecular complexity index is 550. The molecule has 0 aliphatic rings. The molecule has 0 saturated heterocycles. The molecule has 0 bridgehead atoms. The number of fused-ring (bicyclic) bond motifs is 1.